The monoisotopic (exact) mass is 291 g/mol. The quantitative estimate of drug-likeness (QED) is 0.777. The number of nitrogens with zero attached hydrogens (tertiary/aromatic N) is 1. The molecule has 1 heterocycles. The van der Waals surface area contributed by atoms with Crippen LogP contribution in [0.4, 0.5) is 4.79 Å². The highest BCUT2D eigenvalue weighted by Gasteiger charge is 2.34. The molecular weight excluding hydrogens is 266 g/mol. The van der Waals surface area contributed by atoms with E-state index in [9.17, 15) is 9.59 Å². The predicted molar refractivity (Wildman–Crippen MR) is 83.7 cm³/mol. The number of aldehydes is 1. The molecular formula is C17H25NO3. The van der Waals surface area contributed by atoms with Gasteiger partial charge < -0.3 is 9.64 Å². The molecule has 1 aromatic carbocycles. The molecule has 1 aromatic rings. The van der Waals surface area contributed by atoms with E-state index in [1.165, 1.54) is 0 Å². The zero-order valence-corrected chi connectivity index (χ0v) is 13.6. The highest BCUT2D eigenvalue weighted by Crippen LogP contribution is 2.28. The Morgan fingerprint density at radius 2 is 1.71 bits per heavy atom. The van der Waals surface area contributed by atoms with Crippen molar-refractivity contribution < 1.29 is 14.3 Å². The second-order valence-corrected chi connectivity index (χ2v) is 5.87. The van der Waals surface area contributed by atoms with Crippen LogP contribution in [0.3, 0.4) is 0 Å². The van der Waals surface area contributed by atoms with Crippen LogP contribution >= 0.6 is 0 Å². The van der Waals surface area contributed by atoms with Crippen molar-refractivity contribution in [1.29, 1.82) is 0 Å². The van der Waals surface area contributed by atoms with E-state index in [2.05, 4.69) is 0 Å². The normalized spacial score (nSPS) is 14.6. The van der Waals surface area contributed by atoms with Crippen LogP contribution in [0.2, 0.25) is 0 Å². The van der Waals surface area contributed by atoms with Crippen LogP contribution in [0.15, 0.2) is 24.3 Å². The molecule has 0 aliphatic carbocycles. The minimum atomic E-state index is -0.451. The number of carbonyl (C=O) groups excluding carboxylic acids is 2. The van der Waals surface area contributed by atoms with Crippen LogP contribution in [-0.2, 0) is 4.74 Å². The summed E-state index contributed by atoms with van der Waals surface area (Å²) in [6.07, 6.45) is 0.575. The van der Waals surface area contributed by atoms with Crippen molar-refractivity contribution in [3.63, 3.8) is 0 Å². The molecule has 4 nitrogen and oxygen atoms in total. The molecule has 21 heavy (non-hydrogen) atoms. The first-order valence-corrected chi connectivity index (χ1v) is 7.42. The SMILES string of the molecule is CC.CC(C)(C)OC(=O)N1CC(c2ccc(C=O)cc2)C1. The van der Waals surface area contributed by atoms with Gasteiger partial charge in [0.15, 0.2) is 0 Å². The van der Waals surface area contributed by atoms with E-state index in [4.69, 9.17) is 4.74 Å². The van der Waals surface area contributed by atoms with Gasteiger partial charge in [0, 0.05) is 24.6 Å². The van der Waals surface area contributed by atoms with Crippen LogP contribution < -0.4 is 0 Å². The van der Waals surface area contributed by atoms with Crippen LogP contribution in [0, 0.1) is 0 Å². The number of hydrogen-bond donors (Lipinski definition) is 0. The molecule has 0 spiro atoms. The molecule has 0 aromatic heterocycles. The van der Waals surface area contributed by atoms with Crippen LogP contribution in [0.1, 0.15) is 56.5 Å². The summed E-state index contributed by atoms with van der Waals surface area (Å²) in [5.41, 5.74) is 1.38. The topological polar surface area (TPSA) is 46.6 Å². The summed E-state index contributed by atoms with van der Waals surface area (Å²) in [5.74, 6) is 0.341. The number of carbonyl (C=O) groups is 2. The Bertz CT molecular complexity index is 468. The van der Waals surface area contributed by atoms with Crippen molar-refractivity contribution in [1.82, 2.24) is 4.90 Å². The van der Waals surface area contributed by atoms with E-state index in [-0.39, 0.29) is 6.09 Å². The Kier molecular flexibility index (Phi) is 5.94. The van der Waals surface area contributed by atoms with Gasteiger partial charge >= 0.3 is 6.09 Å². The van der Waals surface area contributed by atoms with Crippen molar-refractivity contribution in [2.75, 3.05) is 13.1 Å². The third kappa shape index (κ3) is 4.88. The molecule has 0 unspecified atom stereocenters. The Hall–Kier alpha value is -1.84. The van der Waals surface area contributed by atoms with Gasteiger partial charge in [0.2, 0.25) is 0 Å². The second-order valence-electron chi connectivity index (χ2n) is 5.87. The zero-order chi connectivity index (χ0) is 16.0. The van der Waals surface area contributed by atoms with Crippen molar-refractivity contribution in [2.45, 2.75) is 46.1 Å². The second kappa shape index (κ2) is 7.25. The van der Waals surface area contributed by atoms with Crippen LogP contribution in [0.5, 0.6) is 0 Å². The third-order valence-electron chi connectivity index (χ3n) is 3.08. The lowest BCUT2D eigenvalue weighted by molar-refractivity contribution is 0.00819. The van der Waals surface area contributed by atoms with Gasteiger partial charge in [-0.2, -0.15) is 0 Å². The van der Waals surface area contributed by atoms with Gasteiger partial charge in [-0.05, 0) is 26.3 Å². The average molecular weight is 291 g/mol. The Labute approximate surface area is 127 Å². The van der Waals surface area contributed by atoms with E-state index in [0.29, 0.717) is 24.6 Å². The maximum absolute atomic E-state index is 11.8. The summed E-state index contributed by atoms with van der Waals surface area (Å²) in [4.78, 5) is 24.0. The van der Waals surface area contributed by atoms with Gasteiger partial charge in [-0.25, -0.2) is 4.79 Å². The minimum Gasteiger partial charge on any atom is -0.444 e. The molecule has 4 heteroatoms. The number of benzene rings is 1. The standard InChI is InChI=1S/C15H19NO3.C2H6/c1-15(2,3)19-14(18)16-8-13(9-16)12-6-4-11(10-17)5-7-12;1-2/h4-7,10,13H,8-9H2,1-3H3;1-2H3. The number of rotatable bonds is 2. The first kappa shape index (κ1) is 17.2. The molecule has 0 N–H and O–H groups in total. The molecule has 0 saturated carbocycles. The maximum Gasteiger partial charge on any atom is 0.410 e. The average Bonchev–Trinajstić information content (AvgIpc) is 2.38. The molecule has 0 bridgehead atoms. The van der Waals surface area contributed by atoms with Crippen molar-refractivity contribution >= 4 is 12.4 Å². The molecule has 116 valence electrons. The van der Waals surface area contributed by atoms with E-state index < -0.39 is 5.60 Å². The molecule has 1 saturated heterocycles. The first-order valence-electron chi connectivity index (χ1n) is 7.42. The van der Waals surface area contributed by atoms with Crippen molar-refractivity contribution in [2.24, 2.45) is 0 Å². The molecule has 1 aliphatic rings. The third-order valence-corrected chi connectivity index (χ3v) is 3.08. The smallest absolute Gasteiger partial charge is 0.410 e. The summed E-state index contributed by atoms with van der Waals surface area (Å²) >= 11 is 0. The number of hydrogen-bond acceptors (Lipinski definition) is 3. The largest absolute Gasteiger partial charge is 0.444 e. The van der Waals surface area contributed by atoms with Gasteiger partial charge in [0.25, 0.3) is 0 Å². The lowest BCUT2D eigenvalue weighted by Gasteiger charge is -2.40. The van der Waals surface area contributed by atoms with Gasteiger partial charge in [-0.1, -0.05) is 38.1 Å². The summed E-state index contributed by atoms with van der Waals surface area (Å²) in [7, 11) is 0. The highest BCUT2D eigenvalue weighted by atomic mass is 16.6. The number of amides is 1. The van der Waals surface area contributed by atoms with Gasteiger partial charge in [0.1, 0.15) is 11.9 Å². The molecule has 0 radical (unpaired) electrons. The van der Waals surface area contributed by atoms with E-state index in [1.807, 2.05) is 46.8 Å². The summed E-state index contributed by atoms with van der Waals surface area (Å²) in [6, 6.07) is 7.50. The number of likely N-dealkylation sites (tertiary alicyclic amines) is 1. The van der Waals surface area contributed by atoms with Crippen molar-refractivity contribution in [3.05, 3.63) is 35.4 Å². The molecule has 1 aliphatic heterocycles. The van der Waals surface area contributed by atoms with Crippen LogP contribution in [-0.4, -0.2) is 36.0 Å². The van der Waals surface area contributed by atoms with Gasteiger partial charge in [0.05, 0.1) is 0 Å². The first-order chi connectivity index (χ1) is 9.89. The van der Waals surface area contributed by atoms with E-state index in [0.717, 1.165) is 11.8 Å². The lowest BCUT2D eigenvalue weighted by atomic mass is 9.91. The lowest BCUT2D eigenvalue weighted by Crippen LogP contribution is -2.50. The Morgan fingerprint density at radius 1 is 1.19 bits per heavy atom. The molecule has 1 fully saturated rings. The molecule has 0 atom stereocenters. The zero-order valence-electron chi connectivity index (χ0n) is 13.6. The Balaban J connectivity index is 0.00000106. The molecule has 2 rings (SSSR count). The fourth-order valence-electron chi connectivity index (χ4n) is 2.01. The van der Waals surface area contributed by atoms with Gasteiger partial charge in [-0.3, -0.25) is 4.79 Å². The van der Waals surface area contributed by atoms with E-state index in [1.54, 1.807) is 17.0 Å². The van der Waals surface area contributed by atoms with E-state index >= 15 is 0 Å². The Morgan fingerprint density at radius 3 is 2.14 bits per heavy atom. The molecule has 1 amide bonds. The summed E-state index contributed by atoms with van der Waals surface area (Å²) < 4.78 is 5.30. The van der Waals surface area contributed by atoms with Crippen LogP contribution in [0.25, 0.3) is 0 Å². The number of ether oxygens (including phenoxy) is 1. The highest BCUT2D eigenvalue weighted by molar-refractivity contribution is 5.74. The maximum atomic E-state index is 11.8. The van der Waals surface area contributed by atoms with Gasteiger partial charge in [-0.15, -0.1) is 0 Å². The fourth-order valence-corrected chi connectivity index (χ4v) is 2.01. The fraction of sp³-hybridized carbons (Fsp3) is 0.529. The summed E-state index contributed by atoms with van der Waals surface area (Å²) in [5, 5.41) is 0. The minimum absolute atomic E-state index is 0.256. The summed E-state index contributed by atoms with van der Waals surface area (Å²) in [6.45, 7) is 10.9. The van der Waals surface area contributed by atoms with Crippen molar-refractivity contribution in [3.8, 4) is 0 Å². The predicted octanol–water partition coefficient (Wildman–Crippen LogP) is 3.86.